The lowest BCUT2D eigenvalue weighted by Crippen LogP contribution is -2.38. The van der Waals surface area contributed by atoms with Gasteiger partial charge in [-0.05, 0) is 6.42 Å². The summed E-state index contributed by atoms with van der Waals surface area (Å²) >= 11 is 0. The first-order valence-corrected chi connectivity index (χ1v) is 3.36. The average Bonchev–Trinajstić information content (AvgIpc) is 1.91. The highest BCUT2D eigenvalue weighted by Crippen LogP contribution is 1.98. The van der Waals surface area contributed by atoms with Crippen LogP contribution in [0.1, 0.15) is 6.42 Å². The third kappa shape index (κ3) is 3.37. The van der Waals surface area contributed by atoms with Crippen LogP contribution in [0.15, 0.2) is 0 Å². The Morgan fingerprint density at radius 3 is 2.90 bits per heavy atom. The van der Waals surface area contributed by atoms with Crippen LogP contribution in [0.5, 0.6) is 0 Å². The van der Waals surface area contributed by atoms with E-state index >= 15 is 0 Å². The Balaban J connectivity index is 0.000000810. The highest BCUT2D eigenvalue weighted by Gasteiger charge is 2.11. The van der Waals surface area contributed by atoms with Crippen molar-refractivity contribution < 1.29 is 9.84 Å². The molecular formula is C6H14ClNO2. The maximum atomic E-state index is 8.51. The van der Waals surface area contributed by atoms with E-state index in [0.717, 1.165) is 26.1 Å². The fourth-order valence-corrected chi connectivity index (χ4v) is 0.949. The van der Waals surface area contributed by atoms with Crippen molar-refractivity contribution in [1.29, 1.82) is 0 Å². The average molecular weight is 168 g/mol. The number of hydrogen-bond donors (Lipinski definition) is 2. The second-order valence-corrected chi connectivity index (χ2v) is 2.21. The van der Waals surface area contributed by atoms with E-state index in [1.54, 1.807) is 0 Å². The number of morpholine rings is 1. The Kier molecular flexibility index (Phi) is 6.02. The van der Waals surface area contributed by atoms with Crippen molar-refractivity contribution in [3.05, 3.63) is 0 Å². The molecule has 0 aliphatic carbocycles. The van der Waals surface area contributed by atoms with Gasteiger partial charge in [0, 0.05) is 19.7 Å². The fourth-order valence-electron chi connectivity index (χ4n) is 0.949. The molecule has 0 aromatic heterocycles. The van der Waals surface area contributed by atoms with Gasteiger partial charge in [-0.25, -0.2) is 0 Å². The van der Waals surface area contributed by atoms with Crippen molar-refractivity contribution in [3.63, 3.8) is 0 Å². The molecule has 4 heteroatoms. The molecule has 1 aliphatic rings. The van der Waals surface area contributed by atoms with Crippen LogP contribution in [0.4, 0.5) is 0 Å². The predicted molar refractivity (Wildman–Crippen MR) is 41.6 cm³/mol. The van der Waals surface area contributed by atoms with E-state index in [1.807, 2.05) is 0 Å². The molecule has 1 rings (SSSR count). The van der Waals surface area contributed by atoms with Gasteiger partial charge in [-0.15, -0.1) is 12.4 Å². The van der Waals surface area contributed by atoms with Gasteiger partial charge < -0.3 is 15.2 Å². The highest BCUT2D eigenvalue weighted by atomic mass is 35.5. The van der Waals surface area contributed by atoms with Gasteiger partial charge in [0.25, 0.3) is 0 Å². The summed E-state index contributed by atoms with van der Waals surface area (Å²) in [6.07, 6.45) is 0.997. The van der Waals surface area contributed by atoms with E-state index in [0.29, 0.717) is 0 Å². The van der Waals surface area contributed by atoms with E-state index in [-0.39, 0.29) is 25.1 Å². The maximum absolute atomic E-state index is 8.51. The molecule has 0 radical (unpaired) electrons. The molecule has 1 heterocycles. The normalized spacial score (nSPS) is 25.5. The van der Waals surface area contributed by atoms with Crippen molar-refractivity contribution in [3.8, 4) is 0 Å². The lowest BCUT2D eigenvalue weighted by Gasteiger charge is -2.22. The minimum Gasteiger partial charge on any atom is -0.396 e. The lowest BCUT2D eigenvalue weighted by molar-refractivity contribution is 0.0139. The van der Waals surface area contributed by atoms with Gasteiger partial charge in [0.1, 0.15) is 0 Å². The van der Waals surface area contributed by atoms with Crippen molar-refractivity contribution in [2.75, 3.05) is 26.3 Å². The molecule has 1 atom stereocenters. The Hall–Kier alpha value is 0.170. The summed E-state index contributed by atoms with van der Waals surface area (Å²) in [5.41, 5.74) is 0. The summed E-state index contributed by atoms with van der Waals surface area (Å²) in [4.78, 5) is 0. The van der Waals surface area contributed by atoms with Crippen molar-refractivity contribution in [2.24, 2.45) is 0 Å². The lowest BCUT2D eigenvalue weighted by atomic mass is 10.2. The first-order chi connectivity index (χ1) is 4.43. The zero-order chi connectivity index (χ0) is 6.53. The van der Waals surface area contributed by atoms with Crippen molar-refractivity contribution in [2.45, 2.75) is 12.5 Å². The smallest absolute Gasteiger partial charge is 0.0721 e. The van der Waals surface area contributed by atoms with Gasteiger partial charge >= 0.3 is 0 Å². The molecule has 0 amide bonds. The quantitative estimate of drug-likeness (QED) is 0.598. The summed E-state index contributed by atoms with van der Waals surface area (Å²) in [6.45, 7) is 2.85. The van der Waals surface area contributed by atoms with Crippen LogP contribution in [0.2, 0.25) is 0 Å². The van der Waals surface area contributed by atoms with Gasteiger partial charge in [0.05, 0.1) is 12.7 Å². The SMILES string of the molecule is Cl.OCCC1CNCCO1. The number of aliphatic hydroxyl groups is 1. The van der Waals surface area contributed by atoms with Crippen molar-refractivity contribution >= 4 is 12.4 Å². The second kappa shape index (κ2) is 5.92. The molecule has 1 unspecified atom stereocenters. The number of rotatable bonds is 2. The Labute approximate surface area is 67.2 Å². The molecule has 10 heavy (non-hydrogen) atoms. The van der Waals surface area contributed by atoms with Crippen LogP contribution >= 0.6 is 12.4 Å². The highest BCUT2D eigenvalue weighted by molar-refractivity contribution is 5.85. The molecule has 1 aliphatic heterocycles. The van der Waals surface area contributed by atoms with Gasteiger partial charge in [-0.1, -0.05) is 0 Å². The van der Waals surface area contributed by atoms with E-state index in [4.69, 9.17) is 9.84 Å². The topological polar surface area (TPSA) is 41.5 Å². The summed E-state index contributed by atoms with van der Waals surface area (Å²) in [5, 5.41) is 11.7. The number of hydrogen-bond acceptors (Lipinski definition) is 3. The third-order valence-electron chi connectivity index (χ3n) is 1.46. The number of ether oxygens (including phenoxy) is 1. The van der Waals surface area contributed by atoms with Gasteiger partial charge in [0.2, 0.25) is 0 Å². The van der Waals surface area contributed by atoms with Crippen LogP contribution < -0.4 is 5.32 Å². The van der Waals surface area contributed by atoms with E-state index < -0.39 is 0 Å². The minimum absolute atomic E-state index is 0. The predicted octanol–water partition coefficient (Wildman–Crippen LogP) is -0.221. The van der Waals surface area contributed by atoms with Crippen LogP contribution in [0.25, 0.3) is 0 Å². The molecule has 0 aromatic carbocycles. The van der Waals surface area contributed by atoms with Crippen molar-refractivity contribution in [1.82, 2.24) is 5.32 Å². The Morgan fingerprint density at radius 1 is 1.60 bits per heavy atom. The molecule has 2 N–H and O–H groups in total. The first-order valence-electron chi connectivity index (χ1n) is 3.36. The number of aliphatic hydroxyl groups excluding tert-OH is 1. The molecule has 3 nitrogen and oxygen atoms in total. The van der Waals surface area contributed by atoms with E-state index in [9.17, 15) is 0 Å². The van der Waals surface area contributed by atoms with Crippen LogP contribution in [0.3, 0.4) is 0 Å². The van der Waals surface area contributed by atoms with Crippen LogP contribution in [0, 0.1) is 0 Å². The molecule has 0 aromatic rings. The first kappa shape index (κ1) is 10.2. The summed E-state index contributed by atoms with van der Waals surface area (Å²) in [7, 11) is 0. The summed E-state index contributed by atoms with van der Waals surface area (Å²) in [6, 6.07) is 0. The molecule has 62 valence electrons. The van der Waals surface area contributed by atoms with Gasteiger partial charge in [-0.2, -0.15) is 0 Å². The number of nitrogens with one attached hydrogen (secondary N) is 1. The molecule has 0 saturated carbocycles. The Morgan fingerprint density at radius 2 is 2.40 bits per heavy atom. The molecule has 1 fully saturated rings. The van der Waals surface area contributed by atoms with E-state index in [1.165, 1.54) is 0 Å². The zero-order valence-electron chi connectivity index (χ0n) is 5.88. The molecule has 1 saturated heterocycles. The summed E-state index contributed by atoms with van der Waals surface area (Å²) in [5.74, 6) is 0. The Bertz CT molecular complexity index is 73.4. The maximum Gasteiger partial charge on any atom is 0.0721 e. The minimum atomic E-state index is 0. The van der Waals surface area contributed by atoms with E-state index in [2.05, 4.69) is 5.32 Å². The van der Waals surface area contributed by atoms with Gasteiger partial charge in [0.15, 0.2) is 0 Å². The second-order valence-electron chi connectivity index (χ2n) is 2.21. The van der Waals surface area contributed by atoms with Crippen LogP contribution in [-0.2, 0) is 4.74 Å². The molecule has 0 spiro atoms. The zero-order valence-corrected chi connectivity index (χ0v) is 6.69. The fraction of sp³-hybridized carbons (Fsp3) is 1.00. The molecule has 0 bridgehead atoms. The third-order valence-corrected chi connectivity index (χ3v) is 1.46. The largest absolute Gasteiger partial charge is 0.396 e. The van der Waals surface area contributed by atoms with Crippen LogP contribution in [-0.4, -0.2) is 37.5 Å². The standard InChI is InChI=1S/C6H13NO2.ClH/c8-3-1-6-5-7-2-4-9-6;/h6-8H,1-5H2;1H. The number of halogens is 1. The monoisotopic (exact) mass is 167 g/mol. The van der Waals surface area contributed by atoms with Gasteiger partial charge in [-0.3, -0.25) is 0 Å². The summed E-state index contributed by atoms with van der Waals surface area (Å²) < 4.78 is 5.30. The molecular weight excluding hydrogens is 154 g/mol.